The molecule has 1 aromatic heterocycles. The Bertz CT molecular complexity index is 761. The molecule has 0 unspecified atom stereocenters. The zero-order valence-electron chi connectivity index (χ0n) is 15.7. The zero-order chi connectivity index (χ0) is 20.4. The van der Waals surface area contributed by atoms with Crippen LogP contribution in [0.3, 0.4) is 0 Å². The molecule has 152 valence electrons. The van der Waals surface area contributed by atoms with E-state index in [1.54, 1.807) is 24.5 Å². The second-order valence-electron chi connectivity index (χ2n) is 5.77. The van der Waals surface area contributed by atoms with Crippen LogP contribution in [0.2, 0.25) is 0 Å². The average molecular weight is 410 g/mol. The van der Waals surface area contributed by atoms with Gasteiger partial charge in [-0.2, -0.15) is 0 Å². The fraction of sp³-hybridized carbons (Fsp3) is 0.389. The summed E-state index contributed by atoms with van der Waals surface area (Å²) in [6.07, 6.45) is 0.116. The number of amides is 3. The molecule has 0 atom stereocenters. The lowest BCUT2D eigenvalue weighted by Crippen LogP contribution is -2.37. The van der Waals surface area contributed by atoms with Crippen molar-refractivity contribution in [2.45, 2.75) is 6.42 Å². The Labute approximate surface area is 166 Å². The van der Waals surface area contributed by atoms with Gasteiger partial charge in [-0.05, 0) is 24.3 Å². The lowest BCUT2D eigenvalue weighted by atomic mass is 10.3. The first-order valence-electron chi connectivity index (χ1n) is 8.55. The first kappa shape index (κ1) is 21.7. The number of methoxy groups -OCH3 is 2. The predicted molar refractivity (Wildman–Crippen MR) is 105 cm³/mol. The Morgan fingerprint density at radius 3 is 2.36 bits per heavy atom. The minimum absolute atomic E-state index is 0.0956. The maximum atomic E-state index is 12.9. The summed E-state index contributed by atoms with van der Waals surface area (Å²) in [6, 6.07) is 4.91. The van der Waals surface area contributed by atoms with Gasteiger partial charge in [-0.25, -0.2) is 14.2 Å². The van der Waals surface area contributed by atoms with Crippen LogP contribution in [0.15, 0.2) is 29.6 Å². The van der Waals surface area contributed by atoms with E-state index in [1.165, 1.54) is 35.6 Å². The maximum absolute atomic E-state index is 12.9. The van der Waals surface area contributed by atoms with Gasteiger partial charge in [0.15, 0.2) is 5.13 Å². The van der Waals surface area contributed by atoms with E-state index in [0.29, 0.717) is 42.8 Å². The van der Waals surface area contributed by atoms with Gasteiger partial charge in [0.2, 0.25) is 5.91 Å². The highest BCUT2D eigenvalue weighted by atomic mass is 32.1. The molecule has 0 saturated heterocycles. The van der Waals surface area contributed by atoms with Crippen LogP contribution in [-0.2, 0) is 20.7 Å². The van der Waals surface area contributed by atoms with E-state index in [0.717, 1.165) is 0 Å². The molecule has 28 heavy (non-hydrogen) atoms. The van der Waals surface area contributed by atoms with Crippen molar-refractivity contribution in [1.82, 2.24) is 9.88 Å². The molecule has 1 heterocycles. The summed E-state index contributed by atoms with van der Waals surface area (Å²) < 4.78 is 23.0. The van der Waals surface area contributed by atoms with Crippen molar-refractivity contribution in [3.8, 4) is 0 Å². The van der Waals surface area contributed by atoms with Crippen LogP contribution >= 0.6 is 11.3 Å². The molecule has 2 aromatic rings. The molecule has 1 aromatic carbocycles. The van der Waals surface area contributed by atoms with Crippen LogP contribution in [0, 0.1) is 5.82 Å². The maximum Gasteiger partial charge on any atom is 0.325 e. The summed E-state index contributed by atoms with van der Waals surface area (Å²) >= 11 is 1.22. The van der Waals surface area contributed by atoms with Crippen molar-refractivity contribution < 1.29 is 23.5 Å². The van der Waals surface area contributed by atoms with E-state index in [-0.39, 0.29) is 18.1 Å². The standard InChI is InChI=1S/C18H23FN4O4S/c1-26-9-7-23(8-10-27-2)16(24)11-15-12-28-18(21-15)22-17(25)20-14-5-3-13(19)4-6-14/h3-6,12H,7-11H2,1-2H3,(H2,20,21,22,25). The lowest BCUT2D eigenvalue weighted by Gasteiger charge is -2.21. The number of hydrogen-bond acceptors (Lipinski definition) is 6. The van der Waals surface area contributed by atoms with Gasteiger partial charge in [-0.1, -0.05) is 0 Å². The number of aromatic nitrogens is 1. The molecule has 8 nitrogen and oxygen atoms in total. The largest absolute Gasteiger partial charge is 0.383 e. The Morgan fingerprint density at radius 1 is 1.11 bits per heavy atom. The second-order valence-corrected chi connectivity index (χ2v) is 6.63. The molecule has 0 aliphatic rings. The zero-order valence-corrected chi connectivity index (χ0v) is 16.6. The van der Waals surface area contributed by atoms with Crippen LogP contribution in [0.5, 0.6) is 0 Å². The van der Waals surface area contributed by atoms with Gasteiger partial charge >= 0.3 is 6.03 Å². The van der Waals surface area contributed by atoms with Crippen LogP contribution < -0.4 is 10.6 Å². The summed E-state index contributed by atoms with van der Waals surface area (Å²) in [4.78, 5) is 30.4. The van der Waals surface area contributed by atoms with Crippen molar-refractivity contribution in [3.63, 3.8) is 0 Å². The number of carbonyl (C=O) groups excluding carboxylic acids is 2. The molecule has 0 aliphatic carbocycles. The molecule has 0 aliphatic heterocycles. The van der Waals surface area contributed by atoms with Gasteiger partial charge in [0.1, 0.15) is 5.82 Å². The average Bonchev–Trinajstić information content (AvgIpc) is 3.10. The molecule has 10 heteroatoms. The van der Waals surface area contributed by atoms with E-state index in [4.69, 9.17) is 9.47 Å². The third-order valence-corrected chi connectivity index (χ3v) is 4.50. The number of nitrogens with one attached hydrogen (secondary N) is 2. The van der Waals surface area contributed by atoms with Gasteiger partial charge in [0, 0.05) is 38.4 Å². The number of rotatable bonds is 10. The number of anilines is 2. The molecule has 0 fully saturated rings. The number of carbonyl (C=O) groups is 2. The number of nitrogens with zero attached hydrogens (tertiary/aromatic N) is 2. The monoisotopic (exact) mass is 410 g/mol. The van der Waals surface area contributed by atoms with Gasteiger partial charge < -0.3 is 19.7 Å². The van der Waals surface area contributed by atoms with E-state index in [9.17, 15) is 14.0 Å². The van der Waals surface area contributed by atoms with E-state index in [2.05, 4.69) is 15.6 Å². The van der Waals surface area contributed by atoms with Crippen molar-refractivity contribution in [2.24, 2.45) is 0 Å². The van der Waals surface area contributed by atoms with E-state index >= 15 is 0 Å². The smallest absolute Gasteiger partial charge is 0.325 e. The van der Waals surface area contributed by atoms with Crippen LogP contribution in [0.4, 0.5) is 20.0 Å². The fourth-order valence-corrected chi connectivity index (χ4v) is 2.97. The van der Waals surface area contributed by atoms with Gasteiger partial charge in [-0.15, -0.1) is 11.3 Å². The first-order valence-corrected chi connectivity index (χ1v) is 9.43. The third kappa shape index (κ3) is 7.22. The topological polar surface area (TPSA) is 92.8 Å². The van der Waals surface area contributed by atoms with Crippen LogP contribution in [0.25, 0.3) is 0 Å². The summed E-state index contributed by atoms with van der Waals surface area (Å²) in [6.45, 7) is 1.80. The predicted octanol–water partition coefficient (Wildman–Crippen LogP) is 2.59. The molecule has 3 amide bonds. The number of benzene rings is 1. The Morgan fingerprint density at radius 2 is 1.75 bits per heavy atom. The molecule has 2 N–H and O–H groups in total. The van der Waals surface area contributed by atoms with Crippen LogP contribution in [0.1, 0.15) is 5.69 Å². The number of ether oxygens (including phenoxy) is 2. The quantitative estimate of drug-likeness (QED) is 0.628. The summed E-state index contributed by atoms with van der Waals surface area (Å²) in [5, 5.41) is 7.26. The molecule has 0 bridgehead atoms. The number of hydrogen-bond donors (Lipinski definition) is 2. The summed E-state index contributed by atoms with van der Waals surface area (Å²) in [7, 11) is 3.16. The molecule has 0 saturated carbocycles. The Kier molecular flexibility index (Phi) is 8.79. The minimum Gasteiger partial charge on any atom is -0.383 e. The van der Waals surface area contributed by atoms with Crippen molar-refractivity contribution in [1.29, 1.82) is 0 Å². The lowest BCUT2D eigenvalue weighted by molar-refractivity contribution is -0.131. The highest BCUT2D eigenvalue weighted by Gasteiger charge is 2.16. The highest BCUT2D eigenvalue weighted by Crippen LogP contribution is 2.17. The summed E-state index contributed by atoms with van der Waals surface area (Å²) in [5.41, 5.74) is 1.02. The highest BCUT2D eigenvalue weighted by molar-refractivity contribution is 7.14. The van der Waals surface area contributed by atoms with Gasteiger partial charge in [0.05, 0.1) is 25.3 Å². The van der Waals surface area contributed by atoms with Crippen molar-refractivity contribution >= 4 is 34.1 Å². The van der Waals surface area contributed by atoms with E-state index < -0.39 is 6.03 Å². The SMILES string of the molecule is COCCN(CCOC)C(=O)Cc1csc(NC(=O)Nc2ccc(F)cc2)n1. The van der Waals surface area contributed by atoms with Crippen molar-refractivity contribution in [2.75, 3.05) is 51.2 Å². The third-order valence-electron chi connectivity index (χ3n) is 3.69. The number of thiazole rings is 1. The Hall–Kier alpha value is -2.56. The Balaban J connectivity index is 1.88. The van der Waals surface area contributed by atoms with Crippen molar-refractivity contribution in [3.05, 3.63) is 41.2 Å². The fourth-order valence-electron chi connectivity index (χ4n) is 2.27. The van der Waals surface area contributed by atoms with Crippen LogP contribution in [-0.4, -0.2) is 62.3 Å². The van der Waals surface area contributed by atoms with Gasteiger partial charge in [0.25, 0.3) is 0 Å². The normalized spacial score (nSPS) is 10.5. The van der Waals surface area contributed by atoms with Gasteiger partial charge in [-0.3, -0.25) is 10.1 Å². The number of halogens is 1. The molecule has 0 radical (unpaired) electrons. The molecular weight excluding hydrogens is 387 g/mol. The molecule has 0 spiro atoms. The van der Waals surface area contributed by atoms with E-state index in [1.807, 2.05) is 0 Å². The second kappa shape index (κ2) is 11.3. The molecule has 2 rings (SSSR count). The number of urea groups is 1. The summed E-state index contributed by atoms with van der Waals surface area (Å²) in [5.74, 6) is -0.480. The first-order chi connectivity index (χ1) is 13.5. The molecular formula is C18H23FN4O4S. The minimum atomic E-state index is -0.499.